The number of aryl methyl sites for hydroxylation is 1. The Morgan fingerprint density at radius 1 is 0.909 bits per heavy atom. The van der Waals surface area contributed by atoms with E-state index in [0.29, 0.717) is 43.1 Å². The maximum atomic E-state index is 13.6. The van der Waals surface area contributed by atoms with Crippen LogP contribution in [0, 0.1) is 6.92 Å². The lowest BCUT2D eigenvalue weighted by Gasteiger charge is -2.29. The average molecular weight is 645 g/mol. The standard InChI is InChI=1S/C34H36ClF3N2O3S/c1-3-44(41,42)39-29-19-18-25(2)32(22-29)43-21-11-20-40(23-28-16-10-17-31(33(28)35)34(36,37)38)24-30(26-12-6-4-7-13-26)27-14-8-5-9-15-27/h4-10,12-19,22,30,39H,3,11,20-21,23-24H2,1-2H3. The fourth-order valence-electron chi connectivity index (χ4n) is 4.97. The third kappa shape index (κ3) is 9.24. The first-order chi connectivity index (χ1) is 21.0. The summed E-state index contributed by atoms with van der Waals surface area (Å²) in [5, 5.41) is -0.292. The van der Waals surface area contributed by atoms with Gasteiger partial charge in [0.05, 0.1) is 28.6 Å². The fourth-order valence-corrected chi connectivity index (χ4v) is 5.89. The molecular formula is C34H36ClF3N2O3S. The summed E-state index contributed by atoms with van der Waals surface area (Å²) >= 11 is 6.32. The van der Waals surface area contributed by atoms with Crippen LogP contribution in [-0.4, -0.2) is 38.8 Å². The number of benzene rings is 4. The van der Waals surface area contributed by atoms with Crippen molar-refractivity contribution >= 4 is 27.3 Å². The van der Waals surface area contributed by atoms with Crippen LogP contribution in [0.4, 0.5) is 18.9 Å². The molecule has 0 atom stereocenters. The monoisotopic (exact) mass is 644 g/mol. The van der Waals surface area contributed by atoms with Crippen molar-refractivity contribution in [2.75, 3.05) is 30.2 Å². The molecule has 5 nitrogen and oxygen atoms in total. The Morgan fingerprint density at radius 2 is 1.55 bits per heavy atom. The molecular weight excluding hydrogens is 609 g/mol. The van der Waals surface area contributed by atoms with Gasteiger partial charge in [0, 0.05) is 31.6 Å². The Morgan fingerprint density at radius 3 is 2.14 bits per heavy atom. The molecule has 0 amide bonds. The highest BCUT2D eigenvalue weighted by Crippen LogP contribution is 2.37. The molecule has 234 valence electrons. The predicted octanol–water partition coefficient (Wildman–Crippen LogP) is 8.53. The molecule has 1 N–H and O–H groups in total. The van der Waals surface area contributed by atoms with Crippen LogP contribution >= 0.6 is 11.6 Å². The maximum absolute atomic E-state index is 13.6. The van der Waals surface area contributed by atoms with E-state index in [0.717, 1.165) is 22.8 Å². The zero-order chi connectivity index (χ0) is 31.7. The number of hydrogen-bond acceptors (Lipinski definition) is 4. The van der Waals surface area contributed by atoms with Crippen LogP contribution in [0.5, 0.6) is 5.75 Å². The first-order valence-corrected chi connectivity index (χ1v) is 16.4. The molecule has 0 radical (unpaired) electrons. The van der Waals surface area contributed by atoms with Gasteiger partial charge in [0.25, 0.3) is 0 Å². The van der Waals surface area contributed by atoms with E-state index in [-0.39, 0.29) is 23.2 Å². The van der Waals surface area contributed by atoms with Crippen molar-refractivity contribution in [3.05, 3.63) is 130 Å². The van der Waals surface area contributed by atoms with Gasteiger partial charge in [0.1, 0.15) is 5.75 Å². The molecule has 0 saturated heterocycles. The van der Waals surface area contributed by atoms with Gasteiger partial charge >= 0.3 is 6.18 Å². The molecule has 44 heavy (non-hydrogen) atoms. The Bertz CT molecular complexity index is 1580. The summed E-state index contributed by atoms with van der Waals surface area (Å²) in [6, 6.07) is 29.2. The molecule has 0 unspecified atom stereocenters. The number of rotatable bonds is 14. The van der Waals surface area contributed by atoms with Gasteiger partial charge in [-0.3, -0.25) is 9.62 Å². The van der Waals surface area contributed by atoms with Crippen LogP contribution in [0.3, 0.4) is 0 Å². The molecule has 0 heterocycles. The number of halogens is 4. The van der Waals surface area contributed by atoms with E-state index >= 15 is 0 Å². The van der Waals surface area contributed by atoms with Crippen molar-refractivity contribution in [2.45, 2.75) is 38.9 Å². The Balaban J connectivity index is 1.55. The van der Waals surface area contributed by atoms with Gasteiger partial charge in [-0.2, -0.15) is 13.2 Å². The molecule has 10 heteroatoms. The first kappa shape index (κ1) is 33.4. The van der Waals surface area contributed by atoms with Crippen LogP contribution in [0.2, 0.25) is 5.02 Å². The topological polar surface area (TPSA) is 58.6 Å². The summed E-state index contributed by atoms with van der Waals surface area (Å²) in [5.74, 6) is 0.476. The number of sulfonamides is 1. The van der Waals surface area contributed by atoms with Gasteiger partial charge in [-0.15, -0.1) is 0 Å². The van der Waals surface area contributed by atoms with Crippen molar-refractivity contribution in [1.29, 1.82) is 0 Å². The van der Waals surface area contributed by atoms with E-state index in [1.807, 2.05) is 43.3 Å². The van der Waals surface area contributed by atoms with E-state index in [1.54, 1.807) is 31.2 Å². The second kappa shape index (κ2) is 15.0. The van der Waals surface area contributed by atoms with Gasteiger partial charge < -0.3 is 4.74 Å². The minimum atomic E-state index is -4.56. The lowest BCUT2D eigenvalue weighted by molar-refractivity contribution is -0.137. The Hall–Kier alpha value is -3.53. The van der Waals surface area contributed by atoms with Crippen LogP contribution in [0.25, 0.3) is 0 Å². The lowest BCUT2D eigenvalue weighted by atomic mass is 9.90. The predicted molar refractivity (Wildman–Crippen MR) is 171 cm³/mol. The number of alkyl halides is 3. The molecule has 4 aromatic carbocycles. The van der Waals surface area contributed by atoms with Crippen molar-refractivity contribution in [3.8, 4) is 5.75 Å². The normalized spacial score (nSPS) is 12.1. The summed E-state index contributed by atoms with van der Waals surface area (Å²) in [6.45, 7) is 5.02. The van der Waals surface area contributed by atoms with E-state index < -0.39 is 21.8 Å². The lowest BCUT2D eigenvalue weighted by Crippen LogP contribution is -2.31. The molecule has 4 rings (SSSR count). The molecule has 0 aliphatic rings. The molecule has 0 aliphatic carbocycles. The van der Waals surface area contributed by atoms with Gasteiger partial charge in [-0.05, 0) is 54.7 Å². The van der Waals surface area contributed by atoms with Crippen molar-refractivity contribution in [2.24, 2.45) is 0 Å². The largest absolute Gasteiger partial charge is 0.493 e. The zero-order valence-electron chi connectivity index (χ0n) is 24.6. The van der Waals surface area contributed by atoms with Crippen molar-refractivity contribution in [1.82, 2.24) is 4.90 Å². The Kier molecular flexibility index (Phi) is 11.4. The quantitative estimate of drug-likeness (QED) is 0.140. The minimum Gasteiger partial charge on any atom is -0.493 e. The number of nitrogens with one attached hydrogen (secondary N) is 1. The van der Waals surface area contributed by atoms with Gasteiger partial charge in [0.2, 0.25) is 10.0 Å². The molecule has 0 fully saturated rings. The minimum absolute atomic E-state index is 0.0339. The van der Waals surface area contributed by atoms with Crippen molar-refractivity contribution in [3.63, 3.8) is 0 Å². The van der Waals surface area contributed by atoms with Crippen LogP contribution in [-0.2, 0) is 22.7 Å². The summed E-state index contributed by atoms with van der Waals surface area (Å²) in [4.78, 5) is 2.11. The number of hydrogen-bond donors (Lipinski definition) is 1. The SMILES string of the molecule is CCS(=O)(=O)Nc1ccc(C)c(OCCCN(Cc2cccc(C(F)(F)F)c2Cl)CC(c2ccccc2)c2ccccc2)c1. The van der Waals surface area contributed by atoms with Crippen LogP contribution < -0.4 is 9.46 Å². The van der Waals surface area contributed by atoms with Gasteiger partial charge in [-0.1, -0.05) is 90.5 Å². The summed E-state index contributed by atoms with van der Waals surface area (Å²) in [5.41, 5.74) is 3.01. The summed E-state index contributed by atoms with van der Waals surface area (Å²) < 4.78 is 73.6. The second-order valence-corrected chi connectivity index (χ2v) is 13.0. The average Bonchev–Trinajstić information content (AvgIpc) is 3.00. The molecule has 0 aromatic heterocycles. The van der Waals surface area contributed by atoms with Crippen LogP contribution in [0.1, 0.15) is 47.1 Å². The van der Waals surface area contributed by atoms with Crippen LogP contribution in [0.15, 0.2) is 97.1 Å². The maximum Gasteiger partial charge on any atom is 0.417 e. The van der Waals surface area contributed by atoms with Gasteiger partial charge in [-0.25, -0.2) is 8.42 Å². The smallest absolute Gasteiger partial charge is 0.417 e. The molecule has 0 saturated carbocycles. The Labute approximate surface area is 262 Å². The highest BCUT2D eigenvalue weighted by molar-refractivity contribution is 7.92. The van der Waals surface area contributed by atoms with E-state index in [2.05, 4.69) is 33.9 Å². The summed E-state index contributed by atoms with van der Waals surface area (Å²) in [6.07, 6.45) is -3.99. The highest BCUT2D eigenvalue weighted by Gasteiger charge is 2.34. The number of nitrogens with zero attached hydrogens (tertiary/aromatic N) is 1. The third-order valence-corrected chi connectivity index (χ3v) is 9.09. The molecule has 0 bridgehead atoms. The second-order valence-electron chi connectivity index (χ2n) is 10.6. The van der Waals surface area contributed by atoms with E-state index in [4.69, 9.17) is 16.3 Å². The molecule has 4 aromatic rings. The van der Waals surface area contributed by atoms with Crippen molar-refractivity contribution < 1.29 is 26.3 Å². The number of ether oxygens (including phenoxy) is 1. The highest BCUT2D eigenvalue weighted by atomic mass is 35.5. The zero-order valence-corrected chi connectivity index (χ0v) is 26.2. The van der Waals surface area contributed by atoms with E-state index in [9.17, 15) is 21.6 Å². The molecule has 0 aliphatic heterocycles. The third-order valence-electron chi connectivity index (χ3n) is 7.34. The number of anilines is 1. The molecule has 0 spiro atoms. The van der Waals surface area contributed by atoms with E-state index in [1.165, 1.54) is 6.07 Å². The first-order valence-electron chi connectivity index (χ1n) is 14.4. The fraction of sp³-hybridized carbons (Fsp3) is 0.294. The van der Waals surface area contributed by atoms with Gasteiger partial charge in [0.15, 0.2) is 0 Å². The summed E-state index contributed by atoms with van der Waals surface area (Å²) in [7, 11) is -3.44.